The Hall–Kier alpha value is -0.790. The zero-order valence-corrected chi connectivity index (χ0v) is 12.4. The molecule has 102 valence electrons. The van der Waals surface area contributed by atoms with Crippen molar-refractivity contribution in [2.45, 2.75) is 59.8 Å². The molecule has 0 aromatic carbocycles. The fraction of sp³-hybridized carbons (Fsp3) is 0.812. The van der Waals surface area contributed by atoms with Crippen molar-refractivity contribution < 1.29 is 4.79 Å². The molecule has 0 amide bonds. The number of ketones is 1. The van der Waals surface area contributed by atoms with Gasteiger partial charge in [-0.05, 0) is 37.0 Å². The first-order valence-corrected chi connectivity index (χ1v) is 7.39. The number of carbonyl (C=O) groups is 1. The van der Waals surface area contributed by atoms with Crippen LogP contribution in [0.4, 0.5) is 0 Å². The Balaban J connectivity index is 2.17. The van der Waals surface area contributed by atoms with E-state index in [1.165, 1.54) is 12.1 Å². The van der Waals surface area contributed by atoms with Crippen molar-refractivity contribution in [3.8, 4) is 0 Å². The van der Waals surface area contributed by atoms with Gasteiger partial charge >= 0.3 is 0 Å². The fourth-order valence-electron chi connectivity index (χ4n) is 3.15. The summed E-state index contributed by atoms with van der Waals surface area (Å²) in [6.45, 7) is 11.3. The van der Waals surface area contributed by atoms with Gasteiger partial charge in [0.05, 0.1) is 0 Å². The monoisotopic (exact) mass is 249 g/mol. The van der Waals surface area contributed by atoms with Crippen LogP contribution in [0.25, 0.3) is 0 Å². The van der Waals surface area contributed by atoms with Crippen LogP contribution in [0.3, 0.4) is 0 Å². The molecule has 0 fully saturated rings. The summed E-state index contributed by atoms with van der Waals surface area (Å²) in [6, 6.07) is 0. The number of carbonyl (C=O) groups excluding carboxylic acids is 1. The molecule has 0 atom stereocenters. The predicted octanol–water partition coefficient (Wildman–Crippen LogP) is 3.77. The summed E-state index contributed by atoms with van der Waals surface area (Å²) < 4.78 is 0. The third-order valence-electron chi connectivity index (χ3n) is 4.18. The summed E-state index contributed by atoms with van der Waals surface area (Å²) in [6.07, 6.45) is 5.23. The molecule has 0 saturated heterocycles. The van der Waals surface area contributed by atoms with Crippen LogP contribution >= 0.6 is 0 Å². The second kappa shape index (κ2) is 5.07. The van der Waals surface area contributed by atoms with E-state index in [0.29, 0.717) is 5.78 Å². The van der Waals surface area contributed by atoms with Crippen LogP contribution < -0.4 is 0 Å². The standard InChI is InChI=1S/C16H27NO/c1-12(2)7-9-17-8-5-6-13-14(17)10-16(3,4)11-15(13)18/h12H,5-11H2,1-4H3. The van der Waals surface area contributed by atoms with E-state index < -0.39 is 0 Å². The van der Waals surface area contributed by atoms with Crippen molar-refractivity contribution in [3.63, 3.8) is 0 Å². The van der Waals surface area contributed by atoms with Gasteiger partial charge in [0.2, 0.25) is 0 Å². The lowest BCUT2D eigenvalue weighted by Crippen LogP contribution is -2.38. The Morgan fingerprint density at radius 3 is 2.67 bits per heavy atom. The van der Waals surface area contributed by atoms with E-state index >= 15 is 0 Å². The van der Waals surface area contributed by atoms with E-state index in [9.17, 15) is 4.79 Å². The molecule has 1 aliphatic heterocycles. The fourth-order valence-corrected chi connectivity index (χ4v) is 3.15. The van der Waals surface area contributed by atoms with Crippen LogP contribution in [0, 0.1) is 11.3 Å². The zero-order valence-electron chi connectivity index (χ0n) is 12.4. The molecule has 0 aromatic rings. The molecule has 0 N–H and O–H groups in total. The molecule has 2 rings (SSSR count). The SMILES string of the molecule is CC(C)CCN1CCCC2=C1CC(C)(C)CC2=O. The van der Waals surface area contributed by atoms with E-state index in [2.05, 4.69) is 32.6 Å². The second-order valence-corrected chi connectivity index (χ2v) is 7.14. The highest BCUT2D eigenvalue weighted by Gasteiger charge is 2.36. The van der Waals surface area contributed by atoms with E-state index in [1.807, 2.05) is 0 Å². The van der Waals surface area contributed by atoms with Crippen LogP contribution in [-0.4, -0.2) is 23.8 Å². The van der Waals surface area contributed by atoms with Gasteiger partial charge in [-0.15, -0.1) is 0 Å². The summed E-state index contributed by atoms with van der Waals surface area (Å²) in [4.78, 5) is 14.7. The number of allylic oxidation sites excluding steroid dienone is 2. The van der Waals surface area contributed by atoms with Crippen molar-refractivity contribution in [3.05, 3.63) is 11.3 Å². The van der Waals surface area contributed by atoms with Gasteiger partial charge in [-0.2, -0.15) is 0 Å². The van der Waals surface area contributed by atoms with Gasteiger partial charge in [-0.1, -0.05) is 27.7 Å². The molecular weight excluding hydrogens is 222 g/mol. The van der Waals surface area contributed by atoms with E-state index in [4.69, 9.17) is 0 Å². The molecule has 2 nitrogen and oxygen atoms in total. The maximum atomic E-state index is 12.2. The zero-order chi connectivity index (χ0) is 13.3. The van der Waals surface area contributed by atoms with E-state index in [1.54, 1.807) is 0 Å². The lowest BCUT2D eigenvalue weighted by molar-refractivity contribution is -0.118. The minimum atomic E-state index is 0.156. The number of rotatable bonds is 3. The van der Waals surface area contributed by atoms with Gasteiger partial charge in [0.25, 0.3) is 0 Å². The van der Waals surface area contributed by atoms with Crippen molar-refractivity contribution in [1.82, 2.24) is 4.90 Å². The lowest BCUT2D eigenvalue weighted by Gasteiger charge is -2.41. The number of Topliss-reactive ketones (excluding diaryl/α,β-unsaturated/α-hetero) is 1. The third-order valence-corrected chi connectivity index (χ3v) is 4.18. The highest BCUT2D eigenvalue weighted by molar-refractivity contribution is 5.97. The minimum Gasteiger partial charge on any atom is -0.374 e. The van der Waals surface area contributed by atoms with Crippen LogP contribution in [0.15, 0.2) is 11.3 Å². The van der Waals surface area contributed by atoms with Crippen molar-refractivity contribution in [1.29, 1.82) is 0 Å². The maximum Gasteiger partial charge on any atom is 0.161 e. The number of nitrogens with zero attached hydrogens (tertiary/aromatic N) is 1. The predicted molar refractivity (Wildman–Crippen MR) is 75.3 cm³/mol. The summed E-state index contributed by atoms with van der Waals surface area (Å²) in [5.74, 6) is 1.15. The molecule has 0 radical (unpaired) electrons. The quantitative estimate of drug-likeness (QED) is 0.759. The van der Waals surface area contributed by atoms with Crippen LogP contribution in [-0.2, 0) is 4.79 Å². The average molecular weight is 249 g/mol. The Morgan fingerprint density at radius 2 is 2.00 bits per heavy atom. The lowest BCUT2D eigenvalue weighted by atomic mass is 9.73. The van der Waals surface area contributed by atoms with Crippen molar-refractivity contribution in [2.24, 2.45) is 11.3 Å². The van der Waals surface area contributed by atoms with Crippen molar-refractivity contribution >= 4 is 5.78 Å². The number of hydrogen-bond acceptors (Lipinski definition) is 2. The maximum absolute atomic E-state index is 12.2. The second-order valence-electron chi connectivity index (χ2n) is 7.14. The molecule has 2 aliphatic rings. The average Bonchev–Trinajstić information content (AvgIpc) is 2.25. The van der Waals surface area contributed by atoms with Gasteiger partial charge in [-0.25, -0.2) is 0 Å². The van der Waals surface area contributed by atoms with Crippen LogP contribution in [0.1, 0.15) is 59.8 Å². The Bertz CT molecular complexity index is 365. The van der Waals surface area contributed by atoms with Gasteiger partial charge in [-0.3, -0.25) is 4.79 Å². The molecule has 1 aliphatic carbocycles. The first-order valence-electron chi connectivity index (χ1n) is 7.39. The molecule has 18 heavy (non-hydrogen) atoms. The number of hydrogen-bond donors (Lipinski definition) is 0. The largest absolute Gasteiger partial charge is 0.374 e. The topological polar surface area (TPSA) is 20.3 Å². The Labute approximate surface area is 111 Å². The van der Waals surface area contributed by atoms with Crippen LogP contribution in [0.5, 0.6) is 0 Å². The molecule has 0 spiro atoms. The van der Waals surface area contributed by atoms with E-state index in [-0.39, 0.29) is 5.41 Å². The molecule has 0 aromatic heterocycles. The Kier molecular flexibility index (Phi) is 3.84. The van der Waals surface area contributed by atoms with Gasteiger partial charge in [0, 0.05) is 30.8 Å². The molecule has 1 heterocycles. The van der Waals surface area contributed by atoms with Gasteiger partial charge < -0.3 is 4.90 Å². The highest BCUT2D eigenvalue weighted by atomic mass is 16.1. The van der Waals surface area contributed by atoms with Gasteiger partial charge in [0.1, 0.15) is 0 Å². The molecule has 0 saturated carbocycles. The minimum absolute atomic E-state index is 0.156. The third kappa shape index (κ3) is 2.96. The molecule has 0 bridgehead atoms. The molecular formula is C16H27NO. The molecule has 0 unspecified atom stereocenters. The first-order chi connectivity index (χ1) is 8.39. The normalized spacial score (nSPS) is 23.6. The molecule has 2 heteroatoms. The van der Waals surface area contributed by atoms with Gasteiger partial charge in [0.15, 0.2) is 5.78 Å². The van der Waals surface area contributed by atoms with Crippen molar-refractivity contribution in [2.75, 3.05) is 13.1 Å². The summed E-state index contributed by atoms with van der Waals surface area (Å²) in [7, 11) is 0. The van der Waals surface area contributed by atoms with E-state index in [0.717, 1.165) is 50.3 Å². The first kappa shape index (κ1) is 13.6. The highest BCUT2D eigenvalue weighted by Crippen LogP contribution is 2.41. The summed E-state index contributed by atoms with van der Waals surface area (Å²) >= 11 is 0. The summed E-state index contributed by atoms with van der Waals surface area (Å²) in [5, 5.41) is 0. The summed E-state index contributed by atoms with van der Waals surface area (Å²) in [5.41, 5.74) is 2.69. The Morgan fingerprint density at radius 1 is 1.28 bits per heavy atom. The smallest absolute Gasteiger partial charge is 0.161 e. The van der Waals surface area contributed by atoms with Crippen LogP contribution in [0.2, 0.25) is 0 Å².